The van der Waals surface area contributed by atoms with Gasteiger partial charge in [0.15, 0.2) is 41.2 Å². The van der Waals surface area contributed by atoms with E-state index < -0.39 is 83.5 Å². The van der Waals surface area contributed by atoms with Gasteiger partial charge in [0.2, 0.25) is 13.5 Å². The van der Waals surface area contributed by atoms with Crippen LogP contribution in [0.2, 0.25) is 0 Å². The van der Waals surface area contributed by atoms with Crippen molar-refractivity contribution in [3.8, 4) is 0 Å². The van der Waals surface area contributed by atoms with Crippen LogP contribution in [0.1, 0.15) is 12.5 Å². The Morgan fingerprint density at radius 1 is 1.02 bits per heavy atom. The maximum absolute atomic E-state index is 13.4. The summed E-state index contributed by atoms with van der Waals surface area (Å²) in [6.07, 6.45) is -7.59. The predicted octanol–water partition coefficient (Wildman–Crippen LogP) is -1.95. The van der Waals surface area contributed by atoms with Crippen molar-refractivity contribution in [2.24, 2.45) is 0 Å². The first-order valence-electron chi connectivity index (χ1n) is 13.4. The first-order chi connectivity index (χ1) is 21.9. The lowest BCUT2D eigenvalue weighted by Crippen LogP contribution is -2.37. The lowest BCUT2D eigenvalue weighted by Gasteiger charge is -2.26. The van der Waals surface area contributed by atoms with Crippen molar-refractivity contribution in [3.05, 3.63) is 29.3 Å². The van der Waals surface area contributed by atoms with Crippen molar-refractivity contribution in [2.45, 2.75) is 49.1 Å². The number of aliphatic hydroxyl groups is 2. The molecule has 0 spiro atoms. The molecule has 4 aromatic heterocycles. The monoisotopic (exact) mass is 683 g/mol. The fourth-order valence-electron chi connectivity index (χ4n) is 5.42. The van der Waals surface area contributed by atoms with Gasteiger partial charge in [-0.3, -0.25) is 23.5 Å². The Morgan fingerprint density at radius 2 is 1.74 bits per heavy atom. The van der Waals surface area contributed by atoms with Crippen LogP contribution >= 0.6 is 15.6 Å². The molecule has 8 N–H and O–H groups in total. The Balaban J connectivity index is 1.22. The highest BCUT2D eigenvalue weighted by Gasteiger charge is 2.59. The number of nitrogen functional groups attached to an aromatic ring is 2. The zero-order chi connectivity index (χ0) is 32.5. The molecule has 0 aromatic carbocycles. The molecular formula is C21H26BN10O12P2+. The van der Waals surface area contributed by atoms with Gasteiger partial charge in [0.1, 0.15) is 49.0 Å². The molecule has 10 atom stereocenters. The fourth-order valence-corrected chi connectivity index (χ4v) is 7.56. The van der Waals surface area contributed by atoms with Gasteiger partial charge in [0, 0.05) is 0 Å². The lowest BCUT2D eigenvalue weighted by atomic mass is 10.1. The smallest absolute Gasteiger partial charge is 0.387 e. The van der Waals surface area contributed by atoms with Crippen molar-refractivity contribution in [1.82, 2.24) is 39.0 Å². The van der Waals surface area contributed by atoms with Crippen molar-refractivity contribution in [3.63, 3.8) is 0 Å². The second-order valence-corrected chi connectivity index (χ2v) is 13.7. The third-order valence-electron chi connectivity index (χ3n) is 7.58. The molecule has 2 radical (unpaired) electrons. The quantitative estimate of drug-likeness (QED) is 0.101. The van der Waals surface area contributed by atoms with Crippen molar-refractivity contribution < 1.29 is 51.8 Å². The van der Waals surface area contributed by atoms with E-state index in [9.17, 15) is 24.5 Å². The summed E-state index contributed by atoms with van der Waals surface area (Å²) in [5, 5.41) is 22.5. The molecule has 3 aliphatic rings. The van der Waals surface area contributed by atoms with Crippen LogP contribution in [-0.4, -0.2) is 119 Å². The number of imidazole rings is 2. The Hall–Kier alpha value is -3.18. The number of anilines is 2. The van der Waals surface area contributed by atoms with Gasteiger partial charge in [-0.2, -0.15) is 18.9 Å². The number of aromatic nitrogens is 8. The number of nitrogens with one attached hydrogen (secondary N) is 1. The second-order valence-electron chi connectivity index (χ2n) is 10.4. The molecule has 3 saturated heterocycles. The summed E-state index contributed by atoms with van der Waals surface area (Å²) in [5.41, 5.74) is 11.3. The number of fused-ring (bicyclic) bond motifs is 5. The summed E-state index contributed by atoms with van der Waals surface area (Å²) in [4.78, 5) is 46.4. The third kappa shape index (κ3) is 5.37. The molecule has 7 rings (SSSR count). The van der Waals surface area contributed by atoms with E-state index in [1.807, 2.05) is 0 Å². The standard InChI is InChI=1S/C21H25BN10O12P2/c1-38-46(37)40-3-8-13(12(34)19(42-8)31-5-27-9-15(23)25-4-26-16(9)31)43-45(22,36)39-2-7-11(33)14(44-46)20(41-7)32-6-28-10-17(32)29-21(24)30-18(10)35/h4-8,11-14,19-20,33-34,37H,2-3H2,1H3,(H4-,23,24,25,26,29,30,35)/p+1. The summed E-state index contributed by atoms with van der Waals surface area (Å²) >= 11 is 0. The average molecular weight is 683 g/mol. The van der Waals surface area contributed by atoms with E-state index in [4.69, 9.17) is 51.1 Å². The molecular weight excluding hydrogens is 657 g/mol. The molecule has 0 saturated carbocycles. The number of aliphatic hydroxyl groups excluding tert-OH is 2. The molecule has 0 aliphatic carbocycles. The van der Waals surface area contributed by atoms with E-state index in [1.54, 1.807) is 0 Å². The summed E-state index contributed by atoms with van der Waals surface area (Å²) < 4.78 is 55.6. The van der Waals surface area contributed by atoms with E-state index in [2.05, 4.69) is 29.9 Å². The molecule has 10 unspecified atom stereocenters. The van der Waals surface area contributed by atoms with Gasteiger partial charge >= 0.3 is 8.17 Å². The van der Waals surface area contributed by atoms with Crippen LogP contribution in [0.4, 0.5) is 11.8 Å². The molecule has 3 fully saturated rings. The molecule has 7 heterocycles. The van der Waals surface area contributed by atoms with Gasteiger partial charge in [-0.15, -0.1) is 4.52 Å². The molecule has 4 aromatic rings. The normalized spacial score (nSPS) is 37.1. The fraction of sp³-hybridized carbons (Fsp3) is 0.524. The third-order valence-corrected chi connectivity index (χ3v) is 10.1. The predicted molar refractivity (Wildman–Crippen MR) is 153 cm³/mol. The molecule has 2 bridgehead atoms. The van der Waals surface area contributed by atoms with E-state index in [0.717, 1.165) is 7.11 Å². The summed E-state index contributed by atoms with van der Waals surface area (Å²) in [7, 11) is -1.86. The highest BCUT2D eigenvalue weighted by molar-refractivity contribution is 7.79. The summed E-state index contributed by atoms with van der Waals surface area (Å²) in [6, 6.07) is 0. The minimum atomic E-state index is -4.52. The van der Waals surface area contributed by atoms with E-state index in [1.165, 1.54) is 28.1 Å². The van der Waals surface area contributed by atoms with Crippen LogP contribution in [0.3, 0.4) is 0 Å². The number of rotatable bonds is 3. The van der Waals surface area contributed by atoms with Crippen molar-refractivity contribution in [1.29, 1.82) is 0 Å². The largest absolute Gasteiger partial charge is 0.572 e. The zero-order valence-electron chi connectivity index (χ0n) is 23.5. The van der Waals surface area contributed by atoms with Crippen LogP contribution in [0, 0.1) is 0 Å². The molecule has 244 valence electrons. The highest BCUT2D eigenvalue weighted by Crippen LogP contribution is 2.61. The number of nitrogens with zero attached hydrogens (tertiary/aromatic N) is 7. The SMILES string of the molecule is [B]P1(=O)OCC2OC(n3cnc4c(=O)[nH]c(N)nc43)C(O[P+](O)(OC)OCC3OC(n4cnc5c(N)ncnc54)C(O)C3O1)C2O. The van der Waals surface area contributed by atoms with Gasteiger partial charge in [-0.05, 0) is 0 Å². The number of nitrogens with two attached hydrogens (primary N) is 2. The van der Waals surface area contributed by atoms with Crippen LogP contribution in [-0.2, 0) is 36.7 Å². The number of ether oxygens (including phenoxy) is 2. The molecule has 0 amide bonds. The van der Waals surface area contributed by atoms with Gasteiger partial charge < -0.3 is 40.2 Å². The second kappa shape index (κ2) is 11.5. The topological polar surface area (TPSA) is 302 Å². The Morgan fingerprint density at radius 3 is 2.50 bits per heavy atom. The van der Waals surface area contributed by atoms with Gasteiger partial charge in [0.05, 0.1) is 26.4 Å². The number of hydrogen-bond donors (Lipinski definition) is 6. The maximum Gasteiger partial charge on any atom is 0.572 e. The van der Waals surface area contributed by atoms with Crippen molar-refractivity contribution >= 4 is 57.3 Å². The molecule has 46 heavy (non-hydrogen) atoms. The van der Waals surface area contributed by atoms with E-state index in [0.29, 0.717) is 0 Å². The van der Waals surface area contributed by atoms with E-state index in [-0.39, 0.29) is 34.1 Å². The maximum atomic E-state index is 13.4. The zero-order valence-corrected chi connectivity index (χ0v) is 25.3. The Kier molecular flexibility index (Phi) is 7.86. The minimum absolute atomic E-state index is 0.0379. The highest BCUT2D eigenvalue weighted by atomic mass is 31.2. The van der Waals surface area contributed by atoms with Crippen LogP contribution < -0.4 is 17.0 Å². The van der Waals surface area contributed by atoms with Crippen LogP contribution in [0.5, 0.6) is 0 Å². The van der Waals surface area contributed by atoms with Gasteiger partial charge in [-0.1, -0.05) is 0 Å². The lowest BCUT2D eigenvalue weighted by molar-refractivity contribution is -0.0705. The molecule has 25 heteroatoms. The van der Waals surface area contributed by atoms with Gasteiger partial charge in [-0.25, -0.2) is 19.9 Å². The molecule has 22 nitrogen and oxygen atoms in total. The van der Waals surface area contributed by atoms with Crippen LogP contribution in [0.15, 0.2) is 23.8 Å². The first kappa shape index (κ1) is 31.4. The summed E-state index contributed by atoms with van der Waals surface area (Å²) in [6.45, 7) is -1.21. The first-order valence-corrected chi connectivity index (χ1v) is 16.5. The minimum Gasteiger partial charge on any atom is -0.387 e. The number of aromatic amines is 1. The molecule has 3 aliphatic heterocycles. The number of hydrogen-bond acceptors (Lipinski definition) is 19. The number of H-pyrrole nitrogens is 1. The van der Waals surface area contributed by atoms with Crippen LogP contribution in [0.25, 0.3) is 22.3 Å². The van der Waals surface area contributed by atoms with Crippen molar-refractivity contribution in [2.75, 3.05) is 31.8 Å². The summed E-state index contributed by atoms with van der Waals surface area (Å²) in [5.74, 6) is -0.147. The Bertz CT molecular complexity index is 1900. The Labute approximate surface area is 258 Å². The van der Waals surface area contributed by atoms with E-state index >= 15 is 0 Å². The average Bonchev–Trinajstić information content (AvgIpc) is 3.77. The van der Waals surface area contributed by atoms with Gasteiger partial charge in [0.25, 0.3) is 13.0 Å².